The number of aromatic nitrogens is 1. The predicted molar refractivity (Wildman–Crippen MR) is 75.9 cm³/mol. The highest BCUT2D eigenvalue weighted by atomic mass is 16.1. The number of carbonyl (C=O) groups excluding carboxylic acids is 1. The molecule has 0 aliphatic carbocycles. The highest BCUT2D eigenvalue weighted by Gasteiger charge is 2.20. The van der Waals surface area contributed by atoms with Crippen molar-refractivity contribution in [2.45, 2.75) is 39.5 Å². The molecule has 0 aliphatic rings. The molecular formula is C16H21NO. The molecule has 0 bridgehead atoms. The molecule has 0 unspecified atom stereocenters. The number of H-pyrrole nitrogens is 1. The molecule has 1 N–H and O–H groups in total. The second kappa shape index (κ2) is 5.85. The van der Waals surface area contributed by atoms with Crippen molar-refractivity contribution in [2.75, 3.05) is 0 Å². The molecule has 96 valence electrons. The molecule has 0 saturated heterocycles. The molecule has 1 aromatic heterocycles. The maximum Gasteiger partial charge on any atom is 0.168 e. The maximum absolute atomic E-state index is 12.6. The Kier molecular flexibility index (Phi) is 4.19. The predicted octanol–water partition coefficient (Wildman–Crippen LogP) is 4.57. The maximum atomic E-state index is 12.6. The molecule has 0 fully saturated rings. The number of benzene rings is 1. The van der Waals surface area contributed by atoms with Gasteiger partial charge in [-0.2, -0.15) is 0 Å². The standard InChI is InChI=1S/C16H21NO/c1-3-7-12(8-4-2)16(18)14-11-17-15-10-6-5-9-13(14)15/h5-6,9-12,17H,3-4,7-8H2,1-2H3. The lowest BCUT2D eigenvalue weighted by molar-refractivity contribution is 0.0906. The smallest absolute Gasteiger partial charge is 0.168 e. The molecule has 0 spiro atoms. The molecule has 1 heterocycles. The van der Waals surface area contributed by atoms with E-state index in [0.717, 1.165) is 42.1 Å². The Bertz CT molecular complexity index is 521. The summed E-state index contributed by atoms with van der Waals surface area (Å²) in [5, 5.41) is 1.06. The molecule has 1 aromatic carbocycles. The van der Waals surface area contributed by atoms with Gasteiger partial charge in [0.25, 0.3) is 0 Å². The third-order valence-electron chi connectivity index (χ3n) is 3.50. The Hall–Kier alpha value is -1.57. The van der Waals surface area contributed by atoms with E-state index in [2.05, 4.69) is 18.8 Å². The van der Waals surface area contributed by atoms with E-state index >= 15 is 0 Å². The lowest BCUT2D eigenvalue weighted by Crippen LogP contribution is -2.14. The lowest BCUT2D eigenvalue weighted by atomic mass is 9.90. The number of ketones is 1. The van der Waals surface area contributed by atoms with Gasteiger partial charge in [-0.25, -0.2) is 0 Å². The van der Waals surface area contributed by atoms with Gasteiger partial charge in [0.15, 0.2) is 5.78 Å². The van der Waals surface area contributed by atoms with Gasteiger partial charge in [0.2, 0.25) is 0 Å². The molecule has 0 aliphatic heterocycles. The van der Waals surface area contributed by atoms with Gasteiger partial charge in [0.1, 0.15) is 0 Å². The molecule has 2 nitrogen and oxygen atoms in total. The quantitative estimate of drug-likeness (QED) is 0.741. The Morgan fingerprint density at radius 1 is 1.17 bits per heavy atom. The monoisotopic (exact) mass is 243 g/mol. The number of aromatic amines is 1. The number of Topliss-reactive ketones (excluding diaryl/α,β-unsaturated/α-hetero) is 1. The van der Waals surface area contributed by atoms with Crippen LogP contribution in [0.15, 0.2) is 30.5 Å². The first-order valence-corrected chi connectivity index (χ1v) is 6.88. The third-order valence-corrected chi connectivity index (χ3v) is 3.50. The van der Waals surface area contributed by atoms with Crippen LogP contribution < -0.4 is 0 Å². The van der Waals surface area contributed by atoms with Gasteiger partial charge in [-0.05, 0) is 18.9 Å². The summed E-state index contributed by atoms with van der Waals surface area (Å²) in [6.07, 6.45) is 5.99. The number of carbonyl (C=O) groups is 1. The van der Waals surface area contributed by atoms with E-state index in [9.17, 15) is 4.79 Å². The Balaban J connectivity index is 2.31. The number of para-hydroxylation sites is 1. The van der Waals surface area contributed by atoms with Crippen molar-refractivity contribution in [1.82, 2.24) is 4.98 Å². The van der Waals surface area contributed by atoms with Gasteiger partial charge in [0.05, 0.1) is 0 Å². The summed E-state index contributed by atoms with van der Waals surface area (Å²) in [5.74, 6) is 0.482. The van der Waals surface area contributed by atoms with Crippen molar-refractivity contribution < 1.29 is 4.79 Å². The largest absolute Gasteiger partial charge is 0.360 e. The van der Waals surface area contributed by atoms with Crippen molar-refractivity contribution in [3.8, 4) is 0 Å². The van der Waals surface area contributed by atoms with Gasteiger partial charge >= 0.3 is 0 Å². The zero-order chi connectivity index (χ0) is 13.0. The zero-order valence-electron chi connectivity index (χ0n) is 11.2. The van der Waals surface area contributed by atoms with Crippen LogP contribution in [0.1, 0.15) is 49.9 Å². The van der Waals surface area contributed by atoms with Crippen LogP contribution in [0, 0.1) is 5.92 Å². The van der Waals surface area contributed by atoms with Crippen molar-refractivity contribution in [3.63, 3.8) is 0 Å². The second-order valence-corrected chi connectivity index (χ2v) is 4.89. The molecule has 0 atom stereocenters. The van der Waals surface area contributed by atoms with Crippen molar-refractivity contribution in [3.05, 3.63) is 36.0 Å². The Labute approximate surface area is 108 Å². The normalized spacial score (nSPS) is 11.3. The van der Waals surface area contributed by atoms with Crippen LogP contribution in [0.4, 0.5) is 0 Å². The number of fused-ring (bicyclic) bond motifs is 1. The van der Waals surface area contributed by atoms with Crippen LogP contribution in [0.25, 0.3) is 10.9 Å². The van der Waals surface area contributed by atoms with E-state index in [4.69, 9.17) is 0 Å². The number of rotatable bonds is 6. The van der Waals surface area contributed by atoms with Crippen molar-refractivity contribution >= 4 is 16.7 Å². The van der Waals surface area contributed by atoms with Gasteiger partial charge in [0, 0.05) is 28.6 Å². The minimum atomic E-state index is 0.180. The topological polar surface area (TPSA) is 32.9 Å². The molecule has 2 heteroatoms. The Morgan fingerprint density at radius 3 is 2.50 bits per heavy atom. The fourth-order valence-electron chi connectivity index (χ4n) is 2.60. The first-order valence-electron chi connectivity index (χ1n) is 6.88. The van der Waals surface area contributed by atoms with Gasteiger partial charge in [-0.1, -0.05) is 44.9 Å². The molecular weight excluding hydrogens is 222 g/mol. The van der Waals surface area contributed by atoms with E-state index in [1.165, 1.54) is 0 Å². The van der Waals surface area contributed by atoms with Crippen LogP contribution in [-0.4, -0.2) is 10.8 Å². The fourth-order valence-corrected chi connectivity index (χ4v) is 2.60. The van der Waals surface area contributed by atoms with Crippen molar-refractivity contribution in [2.24, 2.45) is 5.92 Å². The molecule has 0 radical (unpaired) electrons. The SMILES string of the molecule is CCCC(CCC)C(=O)c1c[nH]c2ccccc12. The second-order valence-electron chi connectivity index (χ2n) is 4.89. The van der Waals surface area contributed by atoms with E-state index in [1.807, 2.05) is 30.5 Å². The van der Waals surface area contributed by atoms with Crippen LogP contribution in [-0.2, 0) is 0 Å². The molecule has 2 aromatic rings. The first-order chi connectivity index (χ1) is 8.77. The molecule has 2 rings (SSSR count). The fraction of sp³-hybridized carbons (Fsp3) is 0.438. The summed E-state index contributed by atoms with van der Waals surface area (Å²) < 4.78 is 0. The summed E-state index contributed by atoms with van der Waals surface area (Å²) in [7, 11) is 0. The summed E-state index contributed by atoms with van der Waals surface area (Å²) in [6.45, 7) is 4.29. The minimum Gasteiger partial charge on any atom is -0.360 e. The molecule has 0 amide bonds. The highest BCUT2D eigenvalue weighted by Crippen LogP contribution is 2.25. The average molecular weight is 243 g/mol. The summed E-state index contributed by atoms with van der Waals surface area (Å²) in [4.78, 5) is 15.8. The highest BCUT2D eigenvalue weighted by molar-refractivity contribution is 6.08. The number of hydrogen-bond donors (Lipinski definition) is 1. The van der Waals surface area contributed by atoms with Crippen LogP contribution in [0.2, 0.25) is 0 Å². The first kappa shape index (κ1) is 12.9. The van der Waals surface area contributed by atoms with E-state index < -0.39 is 0 Å². The van der Waals surface area contributed by atoms with E-state index in [-0.39, 0.29) is 5.92 Å². The molecule has 0 saturated carbocycles. The lowest BCUT2D eigenvalue weighted by Gasteiger charge is -2.13. The number of hydrogen-bond acceptors (Lipinski definition) is 1. The molecule has 18 heavy (non-hydrogen) atoms. The summed E-state index contributed by atoms with van der Waals surface area (Å²) in [6, 6.07) is 8.01. The van der Waals surface area contributed by atoms with Gasteiger partial charge in [-0.15, -0.1) is 0 Å². The van der Waals surface area contributed by atoms with E-state index in [1.54, 1.807) is 0 Å². The van der Waals surface area contributed by atoms with Gasteiger partial charge in [-0.3, -0.25) is 4.79 Å². The zero-order valence-corrected chi connectivity index (χ0v) is 11.2. The minimum absolute atomic E-state index is 0.180. The number of nitrogens with one attached hydrogen (secondary N) is 1. The average Bonchev–Trinajstić information content (AvgIpc) is 2.81. The van der Waals surface area contributed by atoms with Crippen LogP contribution >= 0.6 is 0 Å². The van der Waals surface area contributed by atoms with Crippen LogP contribution in [0.5, 0.6) is 0 Å². The van der Waals surface area contributed by atoms with E-state index in [0.29, 0.717) is 5.78 Å². The summed E-state index contributed by atoms with van der Waals surface area (Å²) in [5.41, 5.74) is 1.91. The van der Waals surface area contributed by atoms with Crippen LogP contribution in [0.3, 0.4) is 0 Å². The van der Waals surface area contributed by atoms with Gasteiger partial charge < -0.3 is 4.98 Å². The Morgan fingerprint density at radius 2 is 1.83 bits per heavy atom. The third kappa shape index (κ3) is 2.47. The summed E-state index contributed by atoms with van der Waals surface area (Å²) >= 11 is 0. The van der Waals surface area contributed by atoms with Crippen molar-refractivity contribution in [1.29, 1.82) is 0 Å².